The third kappa shape index (κ3) is 4.30. The molecule has 0 unspecified atom stereocenters. The lowest BCUT2D eigenvalue weighted by atomic mass is 9.83. The Hall–Kier alpha value is -0.900. The first kappa shape index (κ1) is 17.2. The second kappa shape index (κ2) is 7.21. The van der Waals surface area contributed by atoms with Crippen molar-refractivity contribution in [3.63, 3.8) is 0 Å². The van der Waals surface area contributed by atoms with E-state index in [9.17, 15) is 13.2 Å². The number of ether oxygens (including phenoxy) is 1. The molecule has 0 radical (unpaired) electrons. The Morgan fingerprint density at radius 1 is 1.25 bits per heavy atom. The van der Waals surface area contributed by atoms with Crippen molar-refractivity contribution in [2.24, 2.45) is 5.92 Å². The third-order valence-corrected chi connectivity index (χ3v) is 3.48. The number of benzene rings is 1. The minimum absolute atomic E-state index is 0.0176. The monoisotopic (exact) mass is 308 g/mol. The Bertz CT molecular complexity index is 432. The fourth-order valence-electron chi connectivity index (χ4n) is 1.79. The molecule has 0 heterocycles. The van der Waals surface area contributed by atoms with E-state index in [0.29, 0.717) is 5.92 Å². The molecule has 0 saturated heterocycles. The Labute approximate surface area is 123 Å². The molecule has 1 aromatic rings. The van der Waals surface area contributed by atoms with Crippen molar-refractivity contribution in [3.05, 3.63) is 28.8 Å². The van der Waals surface area contributed by atoms with Crippen molar-refractivity contribution in [1.82, 2.24) is 0 Å². The van der Waals surface area contributed by atoms with Gasteiger partial charge in [-0.1, -0.05) is 44.9 Å². The zero-order valence-corrected chi connectivity index (χ0v) is 12.7. The van der Waals surface area contributed by atoms with E-state index in [1.54, 1.807) is 0 Å². The molecule has 1 nitrogen and oxygen atoms in total. The fraction of sp³-hybridized carbons (Fsp3) is 0.600. The van der Waals surface area contributed by atoms with Crippen molar-refractivity contribution >= 4 is 11.6 Å². The predicted molar refractivity (Wildman–Crippen MR) is 75.2 cm³/mol. The molecule has 2 atom stereocenters. The number of rotatable bonds is 2. The third-order valence-electron chi connectivity index (χ3n) is 3.09. The van der Waals surface area contributed by atoms with Crippen LogP contribution < -0.4 is 4.74 Å². The van der Waals surface area contributed by atoms with Crippen molar-refractivity contribution in [3.8, 4) is 5.75 Å². The molecular formula is C15H20ClF3O. The summed E-state index contributed by atoms with van der Waals surface area (Å²) in [6.07, 6.45) is -1.30. The molecule has 0 amide bonds. The lowest BCUT2D eigenvalue weighted by Gasteiger charge is -2.34. The van der Waals surface area contributed by atoms with Gasteiger partial charge in [-0.3, -0.25) is 0 Å². The predicted octanol–water partition coefficient (Wildman–Crippen LogP) is 5.95. The van der Waals surface area contributed by atoms with E-state index < -0.39 is 11.7 Å². The summed E-state index contributed by atoms with van der Waals surface area (Å²) < 4.78 is 43.3. The van der Waals surface area contributed by atoms with Gasteiger partial charge >= 0.3 is 6.18 Å². The number of halogens is 4. The maximum atomic E-state index is 12.6. The van der Waals surface area contributed by atoms with Gasteiger partial charge in [-0.05, 0) is 30.9 Å². The Morgan fingerprint density at radius 3 is 2.25 bits per heavy atom. The van der Waals surface area contributed by atoms with Gasteiger partial charge in [0.2, 0.25) is 0 Å². The molecule has 0 spiro atoms. The van der Waals surface area contributed by atoms with Crippen LogP contribution in [0.1, 0.15) is 45.6 Å². The van der Waals surface area contributed by atoms with Gasteiger partial charge in [-0.2, -0.15) is 13.2 Å². The summed E-state index contributed by atoms with van der Waals surface area (Å²) in [7, 11) is 0. The molecule has 1 fully saturated rings. The quantitative estimate of drug-likeness (QED) is 0.655. The number of hydrogen-bond donors (Lipinski definition) is 0. The van der Waals surface area contributed by atoms with Crippen molar-refractivity contribution in [2.45, 2.75) is 52.3 Å². The van der Waals surface area contributed by atoms with Gasteiger partial charge in [0.05, 0.1) is 10.6 Å². The smallest absolute Gasteiger partial charge is 0.417 e. The first-order chi connectivity index (χ1) is 9.31. The molecule has 1 aliphatic rings. The first-order valence-electron chi connectivity index (χ1n) is 6.83. The summed E-state index contributed by atoms with van der Waals surface area (Å²) in [6.45, 7) is 6.26. The Morgan fingerprint density at radius 2 is 1.85 bits per heavy atom. The fourth-order valence-corrected chi connectivity index (χ4v) is 2.07. The lowest BCUT2D eigenvalue weighted by molar-refractivity contribution is -0.137. The molecule has 0 bridgehead atoms. The Balaban J connectivity index is 0.000000612. The molecule has 1 saturated carbocycles. The van der Waals surface area contributed by atoms with Crippen LogP contribution in [0.4, 0.5) is 13.2 Å². The van der Waals surface area contributed by atoms with Crippen LogP contribution in [0.15, 0.2) is 18.2 Å². The highest BCUT2D eigenvalue weighted by Crippen LogP contribution is 2.41. The van der Waals surface area contributed by atoms with E-state index in [1.165, 1.54) is 18.6 Å². The summed E-state index contributed by atoms with van der Waals surface area (Å²) in [5.41, 5.74) is -0.844. The van der Waals surface area contributed by atoms with E-state index in [2.05, 4.69) is 13.8 Å². The summed E-state index contributed by atoms with van der Waals surface area (Å²) in [5.74, 6) is 0.499. The summed E-state index contributed by atoms with van der Waals surface area (Å²) in [6, 6.07) is 3.75. The first-order valence-corrected chi connectivity index (χ1v) is 7.21. The number of hydrogen-bond acceptors (Lipinski definition) is 1. The summed E-state index contributed by atoms with van der Waals surface area (Å²) >= 11 is 5.72. The molecular weight excluding hydrogens is 289 g/mol. The molecule has 0 aliphatic heterocycles. The SMILES string of the molecule is CCC.C[C@@H]1CC[C@H]1Oc1cccc(C(F)(F)F)c1Cl. The Kier molecular flexibility index (Phi) is 6.18. The zero-order chi connectivity index (χ0) is 15.3. The van der Waals surface area contributed by atoms with Crippen molar-refractivity contribution in [1.29, 1.82) is 0 Å². The standard InChI is InChI=1S/C12H12ClF3O.C3H8/c1-7-5-6-9(7)17-10-4-2-3-8(11(10)13)12(14,15)16;1-3-2/h2-4,7,9H,5-6H2,1H3;3H2,1-2H3/t7-,9-;/m1./s1. The van der Waals surface area contributed by atoms with Gasteiger partial charge in [0, 0.05) is 0 Å². The minimum atomic E-state index is -4.44. The van der Waals surface area contributed by atoms with E-state index in [-0.39, 0.29) is 16.9 Å². The van der Waals surface area contributed by atoms with E-state index >= 15 is 0 Å². The van der Waals surface area contributed by atoms with Gasteiger partial charge in [-0.15, -0.1) is 0 Å². The molecule has 20 heavy (non-hydrogen) atoms. The largest absolute Gasteiger partial charge is 0.489 e. The second-order valence-corrected chi connectivity index (χ2v) is 5.41. The van der Waals surface area contributed by atoms with E-state index in [0.717, 1.165) is 18.9 Å². The maximum Gasteiger partial charge on any atom is 0.417 e. The molecule has 2 rings (SSSR count). The molecule has 1 aliphatic carbocycles. The van der Waals surface area contributed by atoms with Gasteiger partial charge in [0.1, 0.15) is 11.9 Å². The molecule has 0 aromatic heterocycles. The lowest BCUT2D eigenvalue weighted by Crippen LogP contribution is -2.34. The van der Waals surface area contributed by atoms with Gasteiger partial charge in [0.25, 0.3) is 0 Å². The van der Waals surface area contributed by atoms with Crippen LogP contribution in [-0.2, 0) is 6.18 Å². The van der Waals surface area contributed by atoms with Gasteiger partial charge in [0.15, 0.2) is 0 Å². The summed E-state index contributed by atoms with van der Waals surface area (Å²) in [5, 5.41) is -0.348. The van der Waals surface area contributed by atoms with Crippen LogP contribution in [0.2, 0.25) is 5.02 Å². The molecule has 114 valence electrons. The maximum absolute atomic E-state index is 12.6. The van der Waals surface area contributed by atoms with Crippen LogP contribution in [0.5, 0.6) is 5.75 Å². The highest BCUT2D eigenvalue weighted by atomic mass is 35.5. The molecule has 5 heteroatoms. The van der Waals surface area contributed by atoms with Crippen molar-refractivity contribution < 1.29 is 17.9 Å². The van der Waals surface area contributed by atoms with Gasteiger partial charge < -0.3 is 4.74 Å². The van der Waals surface area contributed by atoms with Crippen LogP contribution in [-0.4, -0.2) is 6.10 Å². The highest BCUT2D eigenvalue weighted by Gasteiger charge is 2.35. The highest BCUT2D eigenvalue weighted by molar-refractivity contribution is 6.32. The van der Waals surface area contributed by atoms with Gasteiger partial charge in [-0.25, -0.2) is 0 Å². The van der Waals surface area contributed by atoms with Crippen LogP contribution in [0.3, 0.4) is 0 Å². The van der Waals surface area contributed by atoms with E-state index in [1.807, 2.05) is 6.92 Å². The summed E-state index contributed by atoms with van der Waals surface area (Å²) in [4.78, 5) is 0. The average Bonchev–Trinajstić information content (AvgIpc) is 2.35. The van der Waals surface area contributed by atoms with Crippen LogP contribution >= 0.6 is 11.6 Å². The number of alkyl halides is 3. The minimum Gasteiger partial charge on any atom is -0.489 e. The molecule has 0 N–H and O–H groups in total. The topological polar surface area (TPSA) is 9.23 Å². The normalized spacial score (nSPS) is 21.6. The second-order valence-electron chi connectivity index (χ2n) is 5.03. The average molecular weight is 309 g/mol. The molecule has 1 aromatic carbocycles. The van der Waals surface area contributed by atoms with E-state index in [4.69, 9.17) is 16.3 Å². The zero-order valence-electron chi connectivity index (χ0n) is 11.9. The van der Waals surface area contributed by atoms with Crippen LogP contribution in [0, 0.1) is 5.92 Å². The van der Waals surface area contributed by atoms with Crippen LogP contribution in [0.25, 0.3) is 0 Å². The van der Waals surface area contributed by atoms with Crippen molar-refractivity contribution in [2.75, 3.05) is 0 Å².